The number of benzene rings is 2. The summed E-state index contributed by atoms with van der Waals surface area (Å²) in [6, 6.07) is 16.6. The van der Waals surface area contributed by atoms with Crippen LogP contribution in [0.1, 0.15) is 28.9 Å². The van der Waals surface area contributed by atoms with E-state index >= 15 is 0 Å². The molecule has 0 saturated carbocycles. The molecule has 6 heteroatoms. The lowest BCUT2D eigenvalue weighted by Gasteiger charge is -2.08. The van der Waals surface area contributed by atoms with Crippen LogP contribution in [0.3, 0.4) is 0 Å². The van der Waals surface area contributed by atoms with E-state index in [4.69, 9.17) is 10.6 Å². The van der Waals surface area contributed by atoms with Gasteiger partial charge in [-0.05, 0) is 55.5 Å². The first kappa shape index (κ1) is 18.3. The molecule has 26 heavy (non-hydrogen) atoms. The Hall–Kier alpha value is -2.47. The SMILES string of the molecule is Cc1cc(C)cc(OCc2nnc(SCCCc3ccccc3)n2N)c1. The first-order valence-corrected chi connectivity index (χ1v) is 9.67. The van der Waals surface area contributed by atoms with Gasteiger partial charge in [-0.2, -0.15) is 0 Å². The standard InChI is InChI=1S/C20H24N4OS/c1-15-11-16(2)13-18(12-15)25-14-19-22-23-20(24(19)21)26-10-6-9-17-7-4-3-5-8-17/h3-5,7-8,11-13H,6,9-10,14,21H2,1-2H3. The van der Waals surface area contributed by atoms with Crippen LogP contribution in [0.15, 0.2) is 53.7 Å². The molecule has 0 bridgehead atoms. The second kappa shape index (κ2) is 8.76. The molecule has 136 valence electrons. The average molecular weight is 369 g/mol. The van der Waals surface area contributed by atoms with E-state index in [0.29, 0.717) is 12.4 Å². The Morgan fingerprint density at radius 2 is 1.77 bits per heavy atom. The van der Waals surface area contributed by atoms with Gasteiger partial charge < -0.3 is 10.6 Å². The third-order valence-electron chi connectivity index (χ3n) is 3.98. The molecular formula is C20H24N4OS. The van der Waals surface area contributed by atoms with Gasteiger partial charge in [0.1, 0.15) is 12.4 Å². The summed E-state index contributed by atoms with van der Waals surface area (Å²) in [5.74, 6) is 8.50. The number of thioether (sulfide) groups is 1. The highest BCUT2D eigenvalue weighted by molar-refractivity contribution is 7.99. The van der Waals surface area contributed by atoms with Crippen LogP contribution >= 0.6 is 11.8 Å². The van der Waals surface area contributed by atoms with Crippen molar-refractivity contribution in [1.82, 2.24) is 14.9 Å². The summed E-state index contributed by atoms with van der Waals surface area (Å²) < 4.78 is 7.34. The summed E-state index contributed by atoms with van der Waals surface area (Å²) in [6.07, 6.45) is 2.12. The van der Waals surface area contributed by atoms with E-state index in [1.54, 1.807) is 11.8 Å². The highest BCUT2D eigenvalue weighted by atomic mass is 32.2. The Balaban J connectivity index is 1.49. The number of aromatic nitrogens is 3. The number of nitrogen functional groups attached to an aromatic ring is 1. The maximum atomic E-state index is 6.11. The second-order valence-electron chi connectivity index (χ2n) is 6.32. The van der Waals surface area contributed by atoms with Crippen molar-refractivity contribution in [3.05, 3.63) is 71.0 Å². The number of rotatable bonds is 8. The number of aryl methyl sites for hydroxylation is 3. The lowest BCUT2D eigenvalue weighted by atomic mass is 10.1. The number of ether oxygens (including phenoxy) is 1. The van der Waals surface area contributed by atoms with Crippen LogP contribution < -0.4 is 10.6 Å². The van der Waals surface area contributed by atoms with Crippen LogP contribution in [0.5, 0.6) is 5.75 Å². The quantitative estimate of drug-likeness (QED) is 0.371. The fraction of sp³-hybridized carbons (Fsp3) is 0.300. The van der Waals surface area contributed by atoms with Crippen molar-refractivity contribution in [3.8, 4) is 5.75 Å². The van der Waals surface area contributed by atoms with E-state index < -0.39 is 0 Å². The average Bonchev–Trinajstić information content (AvgIpc) is 2.97. The lowest BCUT2D eigenvalue weighted by Crippen LogP contribution is -2.16. The summed E-state index contributed by atoms with van der Waals surface area (Å²) in [7, 11) is 0. The molecule has 0 aliphatic heterocycles. The van der Waals surface area contributed by atoms with Gasteiger partial charge >= 0.3 is 0 Å². The highest BCUT2D eigenvalue weighted by Gasteiger charge is 2.11. The van der Waals surface area contributed by atoms with E-state index in [9.17, 15) is 0 Å². The van der Waals surface area contributed by atoms with Crippen LogP contribution in [-0.2, 0) is 13.0 Å². The van der Waals surface area contributed by atoms with Gasteiger partial charge in [-0.3, -0.25) is 0 Å². The Morgan fingerprint density at radius 3 is 2.50 bits per heavy atom. The smallest absolute Gasteiger partial charge is 0.209 e. The molecule has 0 aliphatic carbocycles. The van der Waals surface area contributed by atoms with Crippen molar-refractivity contribution in [2.24, 2.45) is 0 Å². The number of nitrogens with zero attached hydrogens (tertiary/aromatic N) is 3. The van der Waals surface area contributed by atoms with Crippen LogP contribution in [-0.4, -0.2) is 20.6 Å². The molecule has 1 aromatic heterocycles. The Morgan fingerprint density at radius 1 is 1.04 bits per heavy atom. The molecule has 3 rings (SSSR count). The molecular weight excluding hydrogens is 344 g/mol. The fourth-order valence-corrected chi connectivity index (χ4v) is 3.57. The van der Waals surface area contributed by atoms with Crippen molar-refractivity contribution in [1.29, 1.82) is 0 Å². The molecule has 0 amide bonds. The minimum absolute atomic E-state index is 0.303. The summed E-state index contributed by atoms with van der Waals surface area (Å²) >= 11 is 1.62. The van der Waals surface area contributed by atoms with E-state index in [1.165, 1.54) is 21.4 Å². The highest BCUT2D eigenvalue weighted by Crippen LogP contribution is 2.19. The van der Waals surface area contributed by atoms with Gasteiger partial charge in [0.25, 0.3) is 0 Å². The van der Waals surface area contributed by atoms with Gasteiger partial charge in [0.15, 0.2) is 5.82 Å². The maximum absolute atomic E-state index is 6.11. The first-order chi connectivity index (χ1) is 12.6. The maximum Gasteiger partial charge on any atom is 0.209 e. The normalized spacial score (nSPS) is 10.8. The van der Waals surface area contributed by atoms with Crippen molar-refractivity contribution in [3.63, 3.8) is 0 Å². The molecule has 0 aliphatic rings. The predicted molar refractivity (Wildman–Crippen MR) is 106 cm³/mol. The van der Waals surface area contributed by atoms with Crippen LogP contribution in [0.25, 0.3) is 0 Å². The molecule has 5 nitrogen and oxygen atoms in total. The van der Waals surface area contributed by atoms with Crippen molar-refractivity contribution in [2.45, 2.75) is 38.5 Å². The van der Waals surface area contributed by atoms with Crippen molar-refractivity contribution in [2.75, 3.05) is 11.6 Å². The minimum Gasteiger partial charge on any atom is -0.486 e. The topological polar surface area (TPSA) is 66.0 Å². The zero-order chi connectivity index (χ0) is 18.4. The zero-order valence-electron chi connectivity index (χ0n) is 15.2. The van der Waals surface area contributed by atoms with Gasteiger partial charge in [-0.25, -0.2) is 4.68 Å². The molecule has 3 aromatic rings. The summed E-state index contributed by atoms with van der Waals surface area (Å²) in [5, 5.41) is 9.05. The number of hydrogen-bond acceptors (Lipinski definition) is 5. The van der Waals surface area contributed by atoms with Crippen LogP contribution in [0, 0.1) is 13.8 Å². The molecule has 0 atom stereocenters. The van der Waals surface area contributed by atoms with E-state index in [2.05, 4.69) is 54.4 Å². The number of hydrogen-bond donors (Lipinski definition) is 1. The third-order valence-corrected chi connectivity index (χ3v) is 5.01. The van der Waals surface area contributed by atoms with Gasteiger partial charge in [0.05, 0.1) is 0 Å². The first-order valence-electron chi connectivity index (χ1n) is 8.69. The van der Waals surface area contributed by atoms with Gasteiger partial charge in [-0.15, -0.1) is 10.2 Å². The molecule has 0 fully saturated rings. The monoisotopic (exact) mass is 368 g/mol. The molecule has 2 aromatic carbocycles. The predicted octanol–water partition coefficient (Wildman–Crippen LogP) is 3.91. The van der Waals surface area contributed by atoms with Crippen molar-refractivity contribution >= 4 is 11.8 Å². The Labute approximate surface area is 158 Å². The Kier molecular flexibility index (Phi) is 6.17. The van der Waals surface area contributed by atoms with E-state index in [0.717, 1.165) is 29.5 Å². The van der Waals surface area contributed by atoms with E-state index in [-0.39, 0.29) is 0 Å². The van der Waals surface area contributed by atoms with Gasteiger partial charge in [0.2, 0.25) is 5.16 Å². The molecule has 0 spiro atoms. The lowest BCUT2D eigenvalue weighted by molar-refractivity contribution is 0.291. The summed E-state index contributed by atoms with van der Waals surface area (Å²) in [5.41, 5.74) is 3.69. The molecule has 0 saturated heterocycles. The van der Waals surface area contributed by atoms with Gasteiger partial charge in [0, 0.05) is 5.75 Å². The zero-order valence-corrected chi connectivity index (χ0v) is 16.0. The molecule has 0 radical (unpaired) electrons. The molecule has 2 N–H and O–H groups in total. The Bertz CT molecular complexity index is 828. The minimum atomic E-state index is 0.303. The fourth-order valence-electron chi connectivity index (χ4n) is 2.75. The van der Waals surface area contributed by atoms with E-state index in [1.807, 2.05) is 18.2 Å². The molecule has 0 unspecified atom stereocenters. The largest absolute Gasteiger partial charge is 0.486 e. The summed E-state index contributed by atoms with van der Waals surface area (Å²) in [6.45, 7) is 4.40. The van der Waals surface area contributed by atoms with Crippen LogP contribution in [0.4, 0.5) is 0 Å². The van der Waals surface area contributed by atoms with Crippen LogP contribution in [0.2, 0.25) is 0 Å². The van der Waals surface area contributed by atoms with Crippen molar-refractivity contribution < 1.29 is 4.74 Å². The second-order valence-corrected chi connectivity index (χ2v) is 7.38. The summed E-state index contributed by atoms with van der Waals surface area (Å²) in [4.78, 5) is 0. The molecule has 1 heterocycles. The number of nitrogens with two attached hydrogens (primary N) is 1. The van der Waals surface area contributed by atoms with Gasteiger partial charge in [-0.1, -0.05) is 48.2 Å². The third kappa shape index (κ3) is 5.02.